The van der Waals surface area contributed by atoms with E-state index in [0.717, 1.165) is 11.0 Å². The number of hydrogen-bond acceptors (Lipinski definition) is 3. The molecule has 1 atom stereocenters. The summed E-state index contributed by atoms with van der Waals surface area (Å²) in [7, 11) is 5.57. The van der Waals surface area contributed by atoms with Gasteiger partial charge in [0.15, 0.2) is 0 Å². The molecule has 0 saturated heterocycles. The van der Waals surface area contributed by atoms with Crippen LogP contribution < -0.4 is 11.0 Å². The van der Waals surface area contributed by atoms with Crippen molar-refractivity contribution in [3.05, 3.63) is 56.6 Å². The standard InChI is InChI=1S/C15H17N3OS/c1-16-14(11-6-7-20-9-11)10-4-5-12-13(8-10)18(3)15(19)17(12)2/h4-9,14,16H,1-3H3. The van der Waals surface area contributed by atoms with Gasteiger partial charge in [0.25, 0.3) is 0 Å². The Hall–Kier alpha value is -1.85. The highest BCUT2D eigenvalue weighted by molar-refractivity contribution is 7.08. The lowest BCUT2D eigenvalue weighted by atomic mass is 10.0. The molecule has 0 saturated carbocycles. The average Bonchev–Trinajstić information content (AvgIpc) is 3.05. The number of nitrogens with zero attached hydrogens (tertiary/aromatic N) is 2. The Labute approximate surface area is 121 Å². The van der Waals surface area contributed by atoms with Crippen LogP contribution in [0.1, 0.15) is 17.2 Å². The average molecular weight is 287 g/mol. The second-order valence-electron chi connectivity index (χ2n) is 4.93. The van der Waals surface area contributed by atoms with Gasteiger partial charge in [0, 0.05) is 14.1 Å². The molecule has 0 fully saturated rings. The first-order valence-electron chi connectivity index (χ1n) is 6.48. The van der Waals surface area contributed by atoms with E-state index in [4.69, 9.17) is 0 Å². The molecule has 3 rings (SSSR count). The molecule has 2 aromatic heterocycles. The van der Waals surface area contributed by atoms with Crippen LogP contribution in [-0.2, 0) is 14.1 Å². The number of benzene rings is 1. The molecule has 0 amide bonds. The van der Waals surface area contributed by atoms with Gasteiger partial charge in [0.1, 0.15) is 0 Å². The van der Waals surface area contributed by atoms with E-state index in [9.17, 15) is 4.79 Å². The van der Waals surface area contributed by atoms with E-state index >= 15 is 0 Å². The van der Waals surface area contributed by atoms with Gasteiger partial charge in [-0.2, -0.15) is 11.3 Å². The Kier molecular flexibility index (Phi) is 3.23. The van der Waals surface area contributed by atoms with Crippen LogP contribution in [0.3, 0.4) is 0 Å². The number of aromatic nitrogens is 2. The van der Waals surface area contributed by atoms with E-state index in [1.165, 1.54) is 11.1 Å². The molecular weight excluding hydrogens is 270 g/mol. The van der Waals surface area contributed by atoms with Gasteiger partial charge >= 0.3 is 5.69 Å². The first-order valence-corrected chi connectivity index (χ1v) is 7.42. The predicted octanol–water partition coefficient (Wildman–Crippen LogP) is 2.25. The SMILES string of the molecule is CNC(c1ccsc1)c1ccc2c(c1)n(C)c(=O)n2C. The van der Waals surface area contributed by atoms with Gasteiger partial charge in [0.2, 0.25) is 0 Å². The van der Waals surface area contributed by atoms with E-state index in [-0.39, 0.29) is 11.7 Å². The van der Waals surface area contributed by atoms with Gasteiger partial charge in [-0.05, 0) is 47.1 Å². The first kappa shape index (κ1) is 13.1. The lowest BCUT2D eigenvalue weighted by molar-refractivity contribution is 0.694. The predicted molar refractivity (Wildman–Crippen MR) is 83.4 cm³/mol. The van der Waals surface area contributed by atoms with Gasteiger partial charge in [-0.25, -0.2) is 4.79 Å². The summed E-state index contributed by atoms with van der Waals surface area (Å²) in [6.45, 7) is 0. The largest absolute Gasteiger partial charge is 0.328 e. The van der Waals surface area contributed by atoms with Gasteiger partial charge in [0.05, 0.1) is 17.1 Å². The molecule has 104 valence electrons. The van der Waals surface area contributed by atoms with E-state index in [0.29, 0.717) is 0 Å². The topological polar surface area (TPSA) is 39.0 Å². The fraction of sp³-hybridized carbons (Fsp3) is 0.267. The van der Waals surface area contributed by atoms with Crippen molar-refractivity contribution in [2.24, 2.45) is 14.1 Å². The van der Waals surface area contributed by atoms with Crippen LogP contribution >= 0.6 is 11.3 Å². The highest BCUT2D eigenvalue weighted by Gasteiger charge is 2.15. The smallest absolute Gasteiger partial charge is 0.309 e. The summed E-state index contributed by atoms with van der Waals surface area (Å²) in [4.78, 5) is 12.0. The maximum atomic E-state index is 12.0. The molecule has 1 aromatic carbocycles. The quantitative estimate of drug-likeness (QED) is 0.802. The lowest BCUT2D eigenvalue weighted by Crippen LogP contribution is -2.19. The number of rotatable bonds is 3. The van der Waals surface area contributed by atoms with Crippen molar-refractivity contribution in [2.75, 3.05) is 7.05 Å². The van der Waals surface area contributed by atoms with Crippen molar-refractivity contribution in [3.8, 4) is 0 Å². The monoisotopic (exact) mass is 287 g/mol. The Morgan fingerprint density at radius 1 is 1.10 bits per heavy atom. The minimum Gasteiger partial charge on any atom is -0.309 e. The molecular formula is C15H17N3OS. The summed E-state index contributed by atoms with van der Waals surface area (Å²) < 4.78 is 3.37. The van der Waals surface area contributed by atoms with Crippen LogP contribution in [0.2, 0.25) is 0 Å². The highest BCUT2D eigenvalue weighted by atomic mass is 32.1. The molecule has 20 heavy (non-hydrogen) atoms. The third-order valence-electron chi connectivity index (χ3n) is 3.79. The van der Waals surface area contributed by atoms with Gasteiger partial charge in [-0.3, -0.25) is 9.13 Å². The fourth-order valence-electron chi connectivity index (χ4n) is 2.67. The van der Waals surface area contributed by atoms with Gasteiger partial charge in [-0.15, -0.1) is 0 Å². The molecule has 5 heteroatoms. The first-order chi connectivity index (χ1) is 9.63. The minimum atomic E-state index is 0.00805. The summed E-state index contributed by atoms with van der Waals surface area (Å²) in [6, 6.07) is 8.47. The number of aryl methyl sites for hydroxylation is 2. The van der Waals surface area contributed by atoms with Gasteiger partial charge < -0.3 is 5.32 Å². The lowest BCUT2D eigenvalue weighted by Gasteiger charge is -2.15. The molecule has 0 aliphatic heterocycles. The zero-order chi connectivity index (χ0) is 14.3. The van der Waals surface area contributed by atoms with E-state index in [2.05, 4.69) is 34.3 Å². The molecule has 0 spiro atoms. The van der Waals surface area contributed by atoms with E-state index < -0.39 is 0 Å². The zero-order valence-corrected chi connectivity index (χ0v) is 12.6. The van der Waals surface area contributed by atoms with Crippen LogP contribution in [0.5, 0.6) is 0 Å². The molecule has 4 nitrogen and oxygen atoms in total. The minimum absolute atomic E-state index is 0.00805. The number of fused-ring (bicyclic) bond motifs is 1. The second kappa shape index (κ2) is 4.92. The summed E-state index contributed by atoms with van der Waals surface area (Å²) >= 11 is 1.69. The molecule has 2 heterocycles. The number of hydrogen-bond donors (Lipinski definition) is 1. The van der Waals surface area contributed by atoms with Crippen molar-refractivity contribution in [3.63, 3.8) is 0 Å². The normalized spacial score (nSPS) is 12.9. The number of thiophene rings is 1. The Morgan fingerprint density at radius 2 is 1.85 bits per heavy atom. The van der Waals surface area contributed by atoms with Crippen LogP contribution in [0, 0.1) is 0 Å². The number of imidazole rings is 1. The van der Waals surface area contributed by atoms with Crippen molar-refractivity contribution in [1.29, 1.82) is 0 Å². The fourth-order valence-corrected chi connectivity index (χ4v) is 3.35. The van der Waals surface area contributed by atoms with Crippen molar-refractivity contribution >= 4 is 22.4 Å². The molecule has 0 aliphatic rings. The zero-order valence-electron chi connectivity index (χ0n) is 11.8. The van der Waals surface area contributed by atoms with Crippen LogP contribution in [-0.4, -0.2) is 16.2 Å². The molecule has 3 aromatic rings. The van der Waals surface area contributed by atoms with E-state index in [1.807, 2.05) is 20.2 Å². The summed E-state index contributed by atoms with van der Waals surface area (Å²) in [5.41, 5.74) is 4.35. The maximum Gasteiger partial charge on any atom is 0.328 e. The third-order valence-corrected chi connectivity index (χ3v) is 4.50. The summed E-state index contributed by atoms with van der Waals surface area (Å²) in [5.74, 6) is 0. The molecule has 0 aliphatic carbocycles. The Morgan fingerprint density at radius 3 is 2.50 bits per heavy atom. The van der Waals surface area contributed by atoms with E-state index in [1.54, 1.807) is 27.5 Å². The molecule has 0 bridgehead atoms. The maximum absolute atomic E-state index is 12.0. The van der Waals surface area contributed by atoms with Crippen LogP contribution in [0.25, 0.3) is 11.0 Å². The molecule has 1 N–H and O–H groups in total. The summed E-state index contributed by atoms with van der Waals surface area (Å²) in [5, 5.41) is 7.57. The van der Waals surface area contributed by atoms with Crippen molar-refractivity contribution in [2.45, 2.75) is 6.04 Å². The number of nitrogens with one attached hydrogen (secondary N) is 1. The van der Waals surface area contributed by atoms with Crippen molar-refractivity contribution < 1.29 is 0 Å². The third kappa shape index (κ3) is 1.90. The molecule has 0 radical (unpaired) electrons. The highest BCUT2D eigenvalue weighted by Crippen LogP contribution is 2.26. The Balaban J connectivity index is 2.18. The van der Waals surface area contributed by atoms with Crippen LogP contribution in [0.15, 0.2) is 39.8 Å². The Bertz CT molecular complexity index is 798. The van der Waals surface area contributed by atoms with Gasteiger partial charge in [-0.1, -0.05) is 6.07 Å². The summed E-state index contributed by atoms with van der Waals surface area (Å²) in [6.07, 6.45) is 0. The second-order valence-corrected chi connectivity index (χ2v) is 5.71. The van der Waals surface area contributed by atoms with Crippen LogP contribution in [0.4, 0.5) is 0 Å². The molecule has 1 unspecified atom stereocenters. The van der Waals surface area contributed by atoms with Crippen molar-refractivity contribution in [1.82, 2.24) is 14.5 Å².